The van der Waals surface area contributed by atoms with E-state index in [1.807, 2.05) is 13.8 Å². The number of carbonyl (C=O) groups excluding carboxylic acids is 1. The standard InChI is InChI=1S/C12H18O4/c1-4-9(13)15-11(2)6-5-8-7-12(11,3)16-10(8)14/h4,8,10,14H,1,5-7H2,2-3H3. The fourth-order valence-electron chi connectivity index (χ4n) is 2.75. The fourth-order valence-corrected chi connectivity index (χ4v) is 2.75. The molecule has 1 saturated heterocycles. The molecule has 1 saturated carbocycles. The average Bonchev–Trinajstić information content (AvgIpc) is 2.47. The van der Waals surface area contributed by atoms with Crippen LogP contribution in [-0.2, 0) is 14.3 Å². The summed E-state index contributed by atoms with van der Waals surface area (Å²) < 4.78 is 11.0. The summed E-state index contributed by atoms with van der Waals surface area (Å²) in [5, 5.41) is 9.71. The van der Waals surface area contributed by atoms with Gasteiger partial charge in [0.2, 0.25) is 0 Å². The van der Waals surface area contributed by atoms with Gasteiger partial charge in [0.15, 0.2) is 6.29 Å². The third kappa shape index (κ3) is 1.57. The Balaban J connectivity index is 2.21. The highest BCUT2D eigenvalue weighted by atomic mass is 16.7. The zero-order valence-corrected chi connectivity index (χ0v) is 9.73. The summed E-state index contributed by atoms with van der Waals surface area (Å²) in [5.74, 6) is -0.271. The number of hydrogen-bond acceptors (Lipinski definition) is 4. The topological polar surface area (TPSA) is 55.8 Å². The van der Waals surface area contributed by atoms with Gasteiger partial charge >= 0.3 is 5.97 Å². The molecule has 4 atom stereocenters. The summed E-state index contributed by atoms with van der Waals surface area (Å²) in [4.78, 5) is 11.3. The molecule has 0 spiro atoms. The Hall–Kier alpha value is -0.870. The van der Waals surface area contributed by atoms with Crippen LogP contribution in [0.25, 0.3) is 0 Å². The maximum absolute atomic E-state index is 11.3. The summed E-state index contributed by atoms with van der Waals surface area (Å²) in [7, 11) is 0. The number of aliphatic hydroxyl groups is 1. The van der Waals surface area contributed by atoms with Gasteiger partial charge in [0.25, 0.3) is 0 Å². The molecule has 4 heteroatoms. The molecule has 2 rings (SSSR count). The van der Waals surface area contributed by atoms with Crippen LogP contribution in [0.1, 0.15) is 33.1 Å². The molecule has 4 unspecified atom stereocenters. The number of esters is 1. The summed E-state index contributed by atoms with van der Waals surface area (Å²) >= 11 is 0. The van der Waals surface area contributed by atoms with Gasteiger partial charge in [-0.25, -0.2) is 4.79 Å². The van der Waals surface area contributed by atoms with Crippen molar-refractivity contribution in [2.24, 2.45) is 5.92 Å². The van der Waals surface area contributed by atoms with Gasteiger partial charge in [-0.2, -0.15) is 0 Å². The predicted octanol–water partition coefficient (Wildman–Crippen LogP) is 1.38. The van der Waals surface area contributed by atoms with E-state index in [-0.39, 0.29) is 5.92 Å². The van der Waals surface area contributed by atoms with Crippen molar-refractivity contribution in [2.75, 3.05) is 0 Å². The molecule has 1 aliphatic heterocycles. The molecule has 0 aromatic carbocycles. The summed E-state index contributed by atoms with van der Waals surface area (Å²) in [6.45, 7) is 7.15. The lowest BCUT2D eigenvalue weighted by molar-refractivity contribution is -0.214. The van der Waals surface area contributed by atoms with E-state index < -0.39 is 23.5 Å². The van der Waals surface area contributed by atoms with Crippen LogP contribution >= 0.6 is 0 Å². The minimum atomic E-state index is -0.728. The van der Waals surface area contributed by atoms with Gasteiger partial charge in [-0.3, -0.25) is 0 Å². The lowest BCUT2D eigenvalue weighted by Gasteiger charge is -2.44. The van der Waals surface area contributed by atoms with Crippen LogP contribution in [0.2, 0.25) is 0 Å². The van der Waals surface area contributed by atoms with Crippen molar-refractivity contribution in [3.8, 4) is 0 Å². The minimum absolute atomic E-state index is 0.167. The molecule has 90 valence electrons. The molecule has 2 fully saturated rings. The summed E-state index contributed by atoms with van der Waals surface area (Å²) in [5.41, 5.74) is -1.26. The Kier molecular flexibility index (Phi) is 2.59. The Morgan fingerprint density at radius 3 is 2.94 bits per heavy atom. The van der Waals surface area contributed by atoms with Gasteiger partial charge in [-0.15, -0.1) is 0 Å². The molecule has 2 aliphatic rings. The van der Waals surface area contributed by atoms with Crippen molar-refractivity contribution in [3.63, 3.8) is 0 Å². The van der Waals surface area contributed by atoms with E-state index >= 15 is 0 Å². The Bertz CT molecular complexity index is 323. The largest absolute Gasteiger partial charge is 0.453 e. The smallest absolute Gasteiger partial charge is 0.330 e. The lowest BCUT2D eigenvalue weighted by Crippen LogP contribution is -2.54. The van der Waals surface area contributed by atoms with Crippen LogP contribution in [-0.4, -0.2) is 28.6 Å². The molecule has 0 aromatic heterocycles. The Morgan fingerprint density at radius 2 is 2.31 bits per heavy atom. The maximum Gasteiger partial charge on any atom is 0.330 e. The first-order valence-corrected chi connectivity index (χ1v) is 5.61. The fraction of sp³-hybridized carbons (Fsp3) is 0.750. The van der Waals surface area contributed by atoms with Gasteiger partial charge < -0.3 is 14.6 Å². The zero-order valence-electron chi connectivity index (χ0n) is 9.73. The monoisotopic (exact) mass is 226 g/mol. The first-order chi connectivity index (χ1) is 7.40. The van der Waals surface area contributed by atoms with E-state index in [0.29, 0.717) is 6.42 Å². The quantitative estimate of drug-likeness (QED) is 0.571. The van der Waals surface area contributed by atoms with Gasteiger partial charge in [0.05, 0.1) is 0 Å². The lowest BCUT2D eigenvalue weighted by atomic mass is 9.71. The number of carbonyl (C=O) groups is 1. The van der Waals surface area contributed by atoms with E-state index in [0.717, 1.165) is 18.9 Å². The van der Waals surface area contributed by atoms with Crippen LogP contribution in [0, 0.1) is 5.92 Å². The molecule has 4 nitrogen and oxygen atoms in total. The molecule has 0 amide bonds. The summed E-state index contributed by atoms with van der Waals surface area (Å²) in [6.07, 6.45) is 2.69. The van der Waals surface area contributed by atoms with Gasteiger partial charge in [0.1, 0.15) is 11.2 Å². The maximum atomic E-state index is 11.3. The van der Waals surface area contributed by atoms with E-state index in [1.165, 1.54) is 0 Å². The van der Waals surface area contributed by atoms with Crippen LogP contribution in [0.5, 0.6) is 0 Å². The van der Waals surface area contributed by atoms with Crippen molar-refractivity contribution in [3.05, 3.63) is 12.7 Å². The second-order valence-electron chi connectivity index (χ2n) is 5.10. The highest BCUT2D eigenvalue weighted by molar-refractivity contribution is 5.81. The van der Waals surface area contributed by atoms with Crippen molar-refractivity contribution < 1.29 is 19.4 Å². The van der Waals surface area contributed by atoms with E-state index in [9.17, 15) is 9.90 Å². The highest BCUT2D eigenvalue weighted by Crippen LogP contribution is 2.51. The predicted molar refractivity (Wildman–Crippen MR) is 57.5 cm³/mol. The second kappa shape index (κ2) is 3.57. The Morgan fingerprint density at radius 1 is 1.62 bits per heavy atom. The van der Waals surface area contributed by atoms with E-state index in [4.69, 9.17) is 9.47 Å². The van der Waals surface area contributed by atoms with Crippen molar-refractivity contribution in [2.45, 2.75) is 50.6 Å². The van der Waals surface area contributed by atoms with Crippen LogP contribution in [0.15, 0.2) is 12.7 Å². The van der Waals surface area contributed by atoms with Crippen molar-refractivity contribution in [1.82, 2.24) is 0 Å². The number of fused-ring (bicyclic) bond motifs is 2. The van der Waals surface area contributed by atoms with Crippen LogP contribution < -0.4 is 0 Å². The van der Waals surface area contributed by atoms with Gasteiger partial charge in [0, 0.05) is 12.0 Å². The normalized spacial score (nSPS) is 46.4. The third-order valence-electron chi connectivity index (χ3n) is 4.04. The number of aliphatic hydroxyl groups excluding tert-OH is 1. The van der Waals surface area contributed by atoms with Crippen LogP contribution in [0.4, 0.5) is 0 Å². The zero-order chi connectivity index (χ0) is 12.0. The molecule has 0 radical (unpaired) electrons. The van der Waals surface area contributed by atoms with E-state index in [1.54, 1.807) is 0 Å². The number of rotatable bonds is 2. The first kappa shape index (κ1) is 11.6. The average molecular weight is 226 g/mol. The first-order valence-electron chi connectivity index (χ1n) is 5.61. The molecular formula is C12H18O4. The molecule has 16 heavy (non-hydrogen) atoms. The van der Waals surface area contributed by atoms with Crippen molar-refractivity contribution in [1.29, 1.82) is 0 Å². The second-order valence-corrected chi connectivity index (χ2v) is 5.10. The number of ether oxygens (including phenoxy) is 2. The molecule has 1 heterocycles. The summed E-state index contributed by atoms with van der Waals surface area (Å²) in [6, 6.07) is 0. The van der Waals surface area contributed by atoms with E-state index in [2.05, 4.69) is 6.58 Å². The molecule has 1 N–H and O–H groups in total. The third-order valence-corrected chi connectivity index (χ3v) is 4.04. The highest BCUT2D eigenvalue weighted by Gasteiger charge is 2.59. The number of hydrogen-bond donors (Lipinski definition) is 1. The molecule has 1 aliphatic carbocycles. The minimum Gasteiger partial charge on any atom is -0.453 e. The molecule has 0 aromatic rings. The van der Waals surface area contributed by atoms with Crippen molar-refractivity contribution >= 4 is 5.97 Å². The SMILES string of the molecule is C=CC(=O)OC1(C)CCC2CC1(C)OC2O. The molecule has 2 bridgehead atoms. The van der Waals surface area contributed by atoms with Crippen LogP contribution in [0.3, 0.4) is 0 Å². The Labute approximate surface area is 95.2 Å². The van der Waals surface area contributed by atoms with Gasteiger partial charge in [-0.1, -0.05) is 6.58 Å². The van der Waals surface area contributed by atoms with Gasteiger partial charge in [-0.05, 0) is 33.1 Å². The molecular weight excluding hydrogens is 208 g/mol.